The van der Waals surface area contributed by atoms with E-state index in [1.165, 1.54) is 44.9 Å². The molecule has 6 fully saturated rings. The maximum absolute atomic E-state index is 13.4. The molecule has 0 aromatic rings. The molecule has 0 aromatic heterocycles. The van der Waals surface area contributed by atoms with Gasteiger partial charge in [-0.3, -0.25) is 4.79 Å². The van der Waals surface area contributed by atoms with Crippen LogP contribution >= 0.6 is 0 Å². The first-order chi connectivity index (χ1) is 13.4. The Balaban J connectivity index is 1.28. The highest BCUT2D eigenvalue weighted by Crippen LogP contribution is 2.55. The molecule has 6 rings (SSSR count). The Bertz CT molecular complexity index is 678. The quantitative estimate of drug-likeness (QED) is 0.760. The summed E-state index contributed by atoms with van der Waals surface area (Å²) in [6.07, 6.45) is 14.2. The summed E-state index contributed by atoms with van der Waals surface area (Å²) in [6, 6.07) is 0.150. The van der Waals surface area contributed by atoms with Gasteiger partial charge in [-0.1, -0.05) is 19.3 Å². The maximum atomic E-state index is 13.4. The van der Waals surface area contributed by atoms with Gasteiger partial charge in [0, 0.05) is 17.6 Å². The number of rotatable bonds is 5. The molecule has 0 radical (unpaired) electrons. The molecule has 6 aliphatic rings. The number of sulfone groups is 1. The highest BCUT2D eigenvalue weighted by Gasteiger charge is 2.51. The van der Waals surface area contributed by atoms with Gasteiger partial charge in [-0.25, -0.2) is 8.42 Å². The van der Waals surface area contributed by atoms with Crippen LogP contribution in [-0.2, 0) is 14.6 Å². The van der Waals surface area contributed by atoms with Crippen molar-refractivity contribution in [2.45, 2.75) is 94.7 Å². The molecule has 5 nitrogen and oxygen atoms in total. The number of carbonyl (C=O) groups excluding carboxylic acids is 1. The van der Waals surface area contributed by atoms with Crippen molar-refractivity contribution in [2.24, 2.45) is 17.8 Å². The van der Waals surface area contributed by atoms with Gasteiger partial charge in [0.1, 0.15) is 0 Å². The van der Waals surface area contributed by atoms with Gasteiger partial charge >= 0.3 is 0 Å². The van der Waals surface area contributed by atoms with Crippen LogP contribution in [0.3, 0.4) is 0 Å². The minimum absolute atomic E-state index is 0.0984. The molecule has 0 spiro atoms. The minimum atomic E-state index is -2.98. The summed E-state index contributed by atoms with van der Waals surface area (Å²) < 4.78 is 24.2. The number of nitrogens with one attached hydrogen (secondary N) is 1. The van der Waals surface area contributed by atoms with Crippen molar-refractivity contribution < 1.29 is 13.2 Å². The van der Waals surface area contributed by atoms with Gasteiger partial charge in [-0.15, -0.1) is 0 Å². The van der Waals surface area contributed by atoms with Gasteiger partial charge in [0.2, 0.25) is 5.91 Å². The lowest BCUT2D eigenvalue weighted by molar-refractivity contribution is -0.136. The number of nitrogens with zero attached hydrogens (tertiary/aromatic N) is 1. The molecular formula is C22H36N2O3S. The zero-order chi connectivity index (χ0) is 19.4. The Labute approximate surface area is 169 Å². The topological polar surface area (TPSA) is 66.5 Å². The lowest BCUT2D eigenvalue weighted by atomic mass is 9.53. The van der Waals surface area contributed by atoms with Crippen molar-refractivity contribution in [1.29, 1.82) is 0 Å². The molecule has 6 heteroatoms. The van der Waals surface area contributed by atoms with E-state index >= 15 is 0 Å². The van der Waals surface area contributed by atoms with Gasteiger partial charge in [0.25, 0.3) is 0 Å². The first kappa shape index (κ1) is 19.3. The van der Waals surface area contributed by atoms with E-state index in [2.05, 4.69) is 5.32 Å². The van der Waals surface area contributed by atoms with E-state index in [-0.39, 0.29) is 35.0 Å². The molecule has 158 valence electrons. The van der Waals surface area contributed by atoms with Crippen LogP contribution in [0.5, 0.6) is 0 Å². The smallest absolute Gasteiger partial charge is 0.237 e. The third-order valence-corrected chi connectivity index (χ3v) is 10.3. The largest absolute Gasteiger partial charge is 0.335 e. The highest BCUT2D eigenvalue weighted by molar-refractivity contribution is 7.91. The monoisotopic (exact) mass is 408 g/mol. The van der Waals surface area contributed by atoms with Crippen molar-refractivity contribution in [1.82, 2.24) is 10.2 Å². The fraction of sp³-hybridized carbons (Fsp3) is 0.955. The van der Waals surface area contributed by atoms with Gasteiger partial charge in [0.15, 0.2) is 9.84 Å². The van der Waals surface area contributed by atoms with Crippen LogP contribution < -0.4 is 5.32 Å². The van der Waals surface area contributed by atoms with Gasteiger partial charge in [-0.05, 0) is 75.5 Å². The standard InChI is InChI=1S/C22H36N2O3S/c25-21(14-23-22-11-16-8-17(12-22)10-18(9-16)13-22)24(19-4-2-1-3-5-19)20-6-7-28(26,27)15-20/h16-20,23H,1-15H2/t16?,17?,18?,20-,22?/m1/s1. The zero-order valence-corrected chi connectivity index (χ0v) is 17.9. The molecule has 28 heavy (non-hydrogen) atoms. The van der Waals surface area contributed by atoms with Gasteiger partial charge in [-0.2, -0.15) is 0 Å². The first-order valence-corrected chi connectivity index (χ1v) is 13.5. The van der Waals surface area contributed by atoms with Crippen molar-refractivity contribution in [3.05, 3.63) is 0 Å². The summed E-state index contributed by atoms with van der Waals surface area (Å²) in [5.74, 6) is 3.17. The van der Waals surface area contributed by atoms with Crippen molar-refractivity contribution in [3.8, 4) is 0 Å². The maximum Gasteiger partial charge on any atom is 0.237 e. The van der Waals surface area contributed by atoms with E-state index in [1.54, 1.807) is 0 Å². The fourth-order valence-electron chi connectivity index (χ4n) is 7.74. The Morgan fingerprint density at radius 1 is 0.893 bits per heavy atom. The van der Waals surface area contributed by atoms with Crippen LogP contribution in [0.15, 0.2) is 0 Å². The predicted molar refractivity (Wildman–Crippen MR) is 110 cm³/mol. The van der Waals surface area contributed by atoms with Crippen LogP contribution in [-0.4, -0.2) is 54.9 Å². The molecule has 1 amide bonds. The van der Waals surface area contributed by atoms with E-state index in [1.807, 2.05) is 4.90 Å². The number of carbonyl (C=O) groups is 1. The second kappa shape index (κ2) is 7.26. The van der Waals surface area contributed by atoms with E-state index in [9.17, 15) is 13.2 Å². The SMILES string of the molecule is O=C(CNC12CC3CC(CC(C3)C1)C2)N(C1CCCCC1)[C@@H]1CCS(=O)(=O)C1. The molecular weight excluding hydrogens is 372 g/mol. The van der Waals surface area contributed by atoms with E-state index < -0.39 is 9.84 Å². The van der Waals surface area contributed by atoms with Crippen LogP contribution in [0.1, 0.15) is 77.0 Å². The average molecular weight is 409 g/mol. The van der Waals surface area contributed by atoms with Gasteiger partial charge in [0.05, 0.1) is 18.1 Å². The Hall–Kier alpha value is -0.620. The lowest BCUT2D eigenvalue weighted by Crippen LogP contribution is -2.61. The third kappa shape index (κ3) is 3.76. The number of amides is 1. The summed E-state index contributed by atoms with van der Waals surface area (Å²) in [5.41, 5.74) is 0.185. The van der Waals surface area contributed by atoms with Crippen molar-refractivity contribution in [3.63, 3.8) is 0 Å². The molecule has 1 aliphatic heterocycles. The lowest BCUT2D eigenvalue weighted by Gasteiger charge is -2.57. The highest BCUT2D eigenvalue weighted by atomic mass is 32.2. The molecule has 1 heterocycles. The molecule has 1 saturated heterocycles. The normalized spacial score (nSPS) is 42.0. The van der Waals surface area contributed by atoms with Crippen molar-refractivity contribution >= 4 is 15.7 Å². The van der Waals surface area contributed by atoms with Crippen LogP contribution in [0.4, 0.5) is 0 Å². The van der Waals surface area contributed by atoms with E-state index in [0.717, 1.165) is 43.4 Å². The van der Waals surface area contributed by atoms with Crippen LogP contribution in [0.2, 0.25) is 0 Å². The second-order valence-corrected chi connectivity index (χ2v) is 12.9. The summed E-state index contributed by atoms with van der Waals surface area (Å²) in [7, 11) is -2.98. The summed E-state index contributed by atoms with van der Waals surface area (Å²) in [4.78, 5) is 15.4. The summed E-state index contributed by atoms with van der Waals surface area (Å²) in [6.45, 7) is 0.402. The van der Waals surface area contributed by atoms with E-state index in [0.29, 0.717) is 13.0 Å². The van der Waals surface area contributed by atoms with Crippen LogP contribution in [0.25, 0.3) is 0 Å². The zero-order valence-electron chi connectivity index (χ0n) is 17.1. The average Bonchev–Trinajstić information content (AvgIpc) is 2.99. The van der Waals surface area contributed by atoms with Gasteiger partial charge < -0.3 is 10.2 Å². The Kier molecular flexibility index (Phi) is 5.02. The number of hydrogen-bond acceptors (Lipinski definition) is 4. The molecule has 1 N–H and O–H groups in total. The molecule has 1 atom stereocenters. The molecule has 0 unspecified atom stereocenters. The number of hydrogen-bond donors (Lipinski definition) is 1. The predicted octanol–water partition coefficient (Wildman–Crippen LogP) is 2.89. The van der Waals surface area contributed by atoms with E-state index in [4.69, 9.17) is 0 Å². The Morgan fingerprint density at radius 3 is 2.04 bits per heavy atom. The molecule has 4 bridgehead atoms. The third-order valence-electron chi connectivity index (χ3n) is 8.51. The van der Waals surface area contributed by atoms with Crippen LogP contribution in [0, 0.1) is 17.8 Å². The summed E-state index contributed by atoms with van der Waals surface area (Å²) in [5, 5.41) is 3.75. The second-order valence-electron chi connectivity index (χ2n) is 10.7. The minimum Gasteiger partial charge on any atom is -0.335 e. The summed E-state index contributed by atoms with van der Waals surface area (Å²) >= 11 is 0. The Morgan fingerprint density at radius 2 is 1.50 bits per heavy atom. The molecule has 5 aliphatic carbocycles. The first-order valence-electron chi connectivity index (χ1n) is 11.7. The molecule has 5 saturated carbocycles. The fourth-order valence-corrected chi connectivity index (χ4v) is 9.45. The molecule has 0 aromatic carbocycles. The van der Waals surface area contributed by atoms with Crippen molar-refractivity contribution in [2.75, 3.05) is 18.1 Å².